The van der Waals surface area contributed by atoms with E-state index < -0.39 is 0 Å². The molecular weight excluding hydrogens is 452 g/mol. The van der Waals surface area contributed by atoms with Gasteiger partial charge in [0.2, 0.25) is 0 Å². The van der Waals surface area contributed by atoms with Crippen LogP contribution in [0.5, 0.6) is 5.75 Å². The van der Waals surface area contributed by atoms with Gasteiger partial charge in [0.15, 0.2) is 0 Å². The molecule has 0 spiro atoms. The van der Waals surface area contributed by atoms with Crippen molar-refractivity contribution in [2.75, 3.05) is 0 Å². The van der Waals surface area contributed by atoms with Crippen molar-refractivity contribution < 1.29 is 14.6 Å². The average Bonchev–Trinajstić information content (AvgIpc) is 3.15. The van der Waals surface area contributed by atoms with Crippen molar-refractivity contribution in [3.63, 3.8) is 0 Å². The molecule has 3 nitrogen and oxygen atoms in total. The molecule has 160 valence electrons. The molecule has 1 N–H and O–H groups in total. The van der Waals surface area contributed by atoms with Crippen molar-refractivity contribution >= 4 is 15.9 Å². The molecule has 0 unspecified atom stereocenters. The lowest BCUT2D eigenvalue weighted by molar-refractivity contribution is -0.0424. The van der Waals surface area contributed by atoms with E-state index >= 15 is 0 Å². The molecule has 4 atom stereocenters. The van der Waals surface area contributed by atoms with E-state index in [4.69, 9.17) is 9.47 Å². The van der Waals surface area contributed by atoms with Gasteiger partial charge in [-0.15, -0.1) is 0 Å². The molecule has 5 rings (SSSR count). The molecule has 3 aromatic carbocycles. The maximum atomic E-state index is 9.70. The summed E-state index contributed by atoms with van der Waals surface area (Å²) in [5.41, 5.74) is 4.10. The Hall–Kier alpha value is -2.14. The lowest BCUT2D eigenvalue weighted by Crippen LogP contribution is -2.45. The Morgan fingerprint density at radius 3 is 2.39 bits per heavy atom. The summed E-state index contributed by atoms with van der Waals surface area (Å²) in [5.74, 6) is 1.21. The van der Waals surface area contributed by atoms with Crippen molar-refractivity contribution in [1.29, 1.82) is 0 Å². The smallest absolute Gasteiger partial charge is 0.125 e. The van der Waals surface area contributed by atoms with Crippen LogP contribution < -0.4 is 4.74 Å². The van der Waals surface area contributed by atoms with E-state index in [1.807, 2.05) is 18.2 Å². The van der Waals surface area contributed by atoms with Gasteiger partial charge >= 0.3 is 0 Å². The van der Waals surface area contributed by atoms with Crippen LogP contribution in [0.25, 0.3) is 0 Å². The van der Waals surface area contributed by atoms with E-state index in [0.717, 1.165) is 27.8 Å². The summed E-state index contributed by atoms with van der Waals surface area (Å²) in [6.07, 6.45) is 0.803. The Morgan fingerprint density at radius 2 is 1.68 bits per heavy atom. The van der Waals surface area contributed by atoms with Crippen LogP contribution in [-0.2, 0) is 17.8 Å². The summed E-state index contributed by atoms with van der Waals surface area (Å²) in [5, 5.41) is 9.70. The van der Waals surface area contributed by atoms with Crippen LogP contribution in [0.4, 0.5) is 0 Å². The number of hydrogen-bond donors (Lipinski definition) is 1. The molecule has 0 aliphatic carbocycles. The van der Waals surface area contributed by atoms with Crippen molar-refractivity contribution in [3.8, 4) is 5.75 Å². The number of ether oxygens (including phenoxy) is 2. The van der Waals surface area contributed by atoms with E-state index in [1.165, 1.54) is 11.1 Å². The van der Waals surface area contributed by atoms with Gasteiger partial charge in [-0.1, -0.05) is 64.5 Å². The van der Waals surface area contributed by atoms with E-state index in [9.17, 15) is 5.11 Å². The van der Waals surface area contributed by atoms with Crippen LogP contribution in [0.1, 0.15) is 48.1 Å². The molecule has 0 amide bonds. The van der Waals surface area contributed by atoms with Crippen LogP contribution in [-0.4, -0.2) is 16.8 Å². The van der Waals surface area contributed by atoms with Gasteiger partial charge in [-0.2, -0.15) is 0 Å². The molecular formula is C27H27BrO3. The number of halogens is 1. The third-order valence-corrected chi connectivity index (χ3v) is 7.24. The van der Waals surface area contributed by atoms with Crippen molar-refractivity contribution in [2.45, 2.75) is 50.6 Å². The molecule has 2 heterocycles. The molecule has 0 saturated carbocycles. The van der Waals surface area contributed by atoms with Gasteiger partial charge in [0.05, 0.1) is 18.8 Å². The van der Waals surface area contributed by atoms with Crippen LogP contribution in [0, 0.1) is 5.92 Å². The highest BCUT2D eigenvalue weighted by Gasteiger charge is 2.56. The van der Waals surface area contributed by atoms with Gasteiger partial charge in [-0.05, 0) is 61.2 Å². The standard InChI is InChI=1S/C27H27BrO3/c1-27(2)25-24(19-9-11-20(28)12-10-19)23(15-17-6-4-3-5-7-17)30-26(25)21-14-18(16-29)8-13-22(21)31-27/h3-14,23-26,29H,15-16H2,1-2H3/t23-,24-,25+,26-/m1/s1. The zero-order valence-electron chi connectivity index (χ0n) is 17.8. The zero-order valence-corrected chi connectivity index (χ0v) is 19.4. The lowest BCUT2D eigenvalue weighted by Gasteiger charge is -2.43. The molecule has 3 aromatic rings. The fourth-order valence-corrected chi connectivity index (χ4v) is 5.60. The highest BCUT2D eigenvalue weighted by Crippen LogP contribution is 2.58. The predicted octanol–water partition coefficient (Wildman–Crippen LogP) is 6.20. The quantitative estimate of drug-likeness (QED) is 0.485. The van der Waals surface area contributed by atoms with Gasteiger partial charge in [0.1, 0.15) is 11.4 Å². The van der Waals surface area contributed by atoms with Gasteiger partial charge in [-0.25, -0.2) is 0 Å². The Kier molecular flexibility index (Phi) is 5.41. The third-order valence-electron chi connectivity index (χ3n) is 6.71. The molecule has 31 heavy (non-hydrogen) atoms. The number of fused-ring (bicyclic) bond motifs is 3. The first-order valence-electron chi connectivity index (χ1n) is 10.8. The monoisotopic (exact) mass is 478 g/mol. The van der Waals surface area contributed by atoms with Gasteiger partial charge in [0, 0.05) is 21.9 Å². The SMILES string of the molecule is CC1(C)Oc2ccc(CO)cc2[C@H]2O[C@H](Cc3ccccc3)[C@@H](c3ccc(Br)cc3)[C@@H]21. The molecule has 1 saturated heterocycles. The first-order chi connectivity index (χ1) is 15.0. The topological polar surface area (TPSA) is 38.7 Å². The maximum Gasteiger partial charge on any atom is 0.125 e. The summed E-state index contributed by atoms with van der Waals surface area (Å²) in [6.45, 7) is 4.36. The Balaban J connectivity index is 1.61. The second-order valence-electron chi connectivity index (χ2n) is 9.12. The van der Waals surface area contributed by atoms with Crippen molar-refractivity contribution in [3.05, 3.63) is 99.5 Å². The van der Waals surface area contributed by atoms with Crippen LogP contribution in [0.3, 0.4) is 0 Å². The number of benzene rings is 3. The average molecular weight is 479 g/mol. The summed E-state index contributed by atoms with van der Waals surface area (Å²) in [6, 6.07) is 25.1. The predicted molar refractivity (Wildman–Crippen MR) is 125 cm³/mol. The fraction of sp³-hybridized carbons (Fsp3) is 0.333. The number of aliphatic hydroxyl groups is 1. The normalized spacial score (nSPS) is 26.1. The Morgan fingerprint density at radius 1 is 0.935 bits per heavy atom. The molecule has 2 aliphatic heterocycles. The van der Waals surface area contributed by atoms with Crippen molar-refractivity contribution in [1.82, 2.24) is 0 Å². The van der Waals surface area contributed by atoms with Crippen LogP contribution in [0.2, 0.25) is 0 Å². The summed E-state index contributed by atoms with van der Waals surface area (Å²) < 4.78 is 14.5. The van der Waals surface area contributed by atoms with E-state index in [2.05, 4.69) is 84.4 Å². The first-order valence-corrected chi connectivity index (χ1v) is 11.6. The van der Waals surface area contributed by atoms with E-state index in [0.29, 0.717) is 0 Å². The summed E-state index contributed by atoms with van der Waals surface area (Å²) >= 11 is 3.57. The summed E-state index contributed by atoms with van der Waals surface area (Å²) in [7, 11) is 0. The summed E-state index contributed by atoms with van der Waals surface area (Å²) in [4.78, 5) is 0. The molecule has 2 aliphatic rings. The number of rotatable bonds is 4. The van der Waals surface area contributed by atoms with Gasteiger partial charge in [0.25, 0.3) is 0 Å². The second kappa shape index (κ2) is 8.09. The molecule has 1 fully saturated rings. The maximum absolute atomic E-state index is 9.70. The molecule has 0 bridgehead atoms. The zero-order chi connectivity index (χ0) is 21.6. The van der Waals surface area contributed by atoms with E-state index in [-0.39, 0.29) is 36.3 Å². The van der Waals surface area contributed by atoms with E-state index in [1.54, 1.807) is 0 Å². The van der Waals surface area contributed by atoms with Crippen LogP contribution in [0.15, 0.2) is 77.3 Å². The molecule has 4 heteroatoms. The van der Waals surface area contributed by atoms with Gasteiger partial charge in [-0.3, -0.25) is 0 Å². The second-order valence-corrected chi connectivity index (χ2v) is 10.0. The largest absolute Gasteiger partial charge is 0.487 e. The molecule has 0 aromatic heterocycles. The third kappa shape index (κ3) is 3.82. The Labute approximate surface area is 192 Å². The number of aliphatic hydroxyl groups excluding tert-OH is 1. The highest BCUT2D eigenvalue weighted by atomic mass is 79.9. The van der Waals surface area contributed by atoms with Crippen molar-refractivity contribution in [2.24, 2.45) is 5.92 Å². The van der Waals surface area contributed by atoms with Gasteiger partial charge < -0.3 is 14.6 Å². The minimum absolute atomic E-state index is 0.0116. The minimum Gasteiger partial charge on any atom is -0.487 e. The Bertz CT molecular complexity index is 1060. The number of hydrogen-bond acceptors (Lipinski definition) is 3. The van der Waals surface area contributed by atoms with Crippen LogP contribution >= 0.6 is 15.9 Å². The minimum atomic E-state index is -0.387. The fourth-order valence-electron chi connectivity index (χ4n) is 5.33. The lowest BCUT2D eigenvalue weighted by atomic mass is 9.70. The first kappa shape index (κ1) is 20.7. The molecule has 0 radical (unpaired) electrons. The highest BCUT2D eigenvalue weighted by molar-refractivity contribution is 9.10.